The van der Waals surface area contributed by atoms with E-state index in [9.17, 15) is 4.79 Å². The van der Waals surface area contributed by atoms with Gasteiger partial charge in [0.1, 0.15) is 13.2 Å². The first-order chi connectivity index (χ1) is 12.2. The van der Waals surface area contributed by atoms with Crippen LogP contribution >= 0.6 is 0 Å². The molecule has 0 saturated carbocycles. The highest BCUT2D eigenvalue weighted by molar-refractivity contribution is 6.11. The van der Waals surface area contributed by atoms with Crippen molar-refractivity contribution < 1.29 is 19.0 Å². The van der Waals surface area contributed by atoms with Crippen molar-refractivity contribution in [2.24, 2.45) is 4.99 Å². The van der Waals surface area contributed by atoms with Gasteiger partial charge in [0.2, 0.25) is 5.90 Å². The Bertz CT molecular complexity index is 885. The average Bonchev–Trinajstić information content (AvgIpc) is 3.01. The van der Waals surface area contributed by atoms with Gasteiger partial charge in [-0.05, 0) is 31.2 Å². The molecule has 6 heteroatoms. The highest BCUT2D eigenvalue weighted by Gasteiger charge is 2.24. The summed E-state index contributed by atoms with van der Waals surface area (Å²) in [7, 11) is 0. The Morgan fingerprint density at radius 1 is 1.04 bits per heavy atom. The van der Waals surface area contributed by atoms with Crippen molar-refractivity contribution >= 4 is 17.6 Å². The van der Waals surface area contributed by atoms with Crippen LogP contribution in [-0.4, -0.2) is 25.1 Å². The number of ether oxygens (including phenoxy) is 3. The Balaban J connectivity index is 1.53. The zero-order valence-electron chi connectivity index (χ0n) is 13.6. The Morgan fingerprint density at radius 2 is 1.80 bits per heavy atom. The van der Waals surface area contributed by atoms with Crippen LogP contribution in [0.3, 0.4) is 0 Å². The van der Waals surface area contributed by atoms with Crippen LogP contribution in [0.15, 0.2) is 59.4 Å². The molecule has 2 aliphatic rings. The summed E-state index contributed by atoms with van der Waals surface area (Å²) in [6.07, 6.45) is 1.52. The van der Waals surface area contributed by atoms with Crippen LogP contribution in [0, 0.1) is 6.92 Å². The van der Waals surface area contributed by atoms with Gasteiger partial charge in [0.25, 0.3) is 0 Å². The molecule has 0 atom stereocenters. The van der Waals surface area contributed by atoms with Gasteiger partial charge in [-0.2, -0.15) is 0 Å². The van der Waals surface area contributed by atoms with Gasteiger partial charge in [0.15, 0.2) is 17.2 Å². The summed E-state index contributed by atoms with van der Waals surface area (Å²) >= 11 is 0. The lowest BCUT2D eigenvalue weighted by Crippen LogP contribution is -2.15. The van der Waals surface area contributed by atoms with Gasteiger partial charge in [-0.25, -0.2) is 9.79 Å². The van der Waals surface area contributed by atoms with E-state index in [-0.39, 0.29) is 5.70 Å². The minimum Gasteiger partial charge on any atom is -0.486 e. The Labute approximate surface area is 144 Å². The fourth-order valence-corrected chi connectivity index (χ4v) is 2.51. The van der Waals surface area contributed by atoms with Crippen LogP contribution in [0.5, 0.6) is 11.5 Å². The number of cyclic esters (lactones) is 1. The highest BCUT2D eigenvalue weighted by atomic mass is 16.6. The first-order valence-corrected chi connectivity index (χ1v) is 7.93. The van der Waals surface area contributed by atoms with Crippen molar-refractivity contribution in [2.45, 2.75) is 6.92 Å². The first-order valence-electron chi connectivity index (χ1n) is 7.93. The van der Waals surface area contributed by atoms with Crippen LogP contribution in [0.4, 0.5) is 5.69 Å². The molecule has 0 aromatic heterocycles. The molecule has 2 aromatic carbocycles. The molecule has 25 heavy (non-hydrogen) atoms. The van der Waals surface area contributed by atoms with Gasteiger partial charge in [-0.3, -0.25) is 0 Å². The summed E-state index contributed by atoms with van der Waals surface area (Å²) in [5, 5.41) is 3.04. The number of hydrogen-bond donors (Lipinski definition) is 1. The summed E-state index contributed by atoms with van der Waals surface area (Å²) in [6, 6.07) is 13.1. The second-order valence-corrected chi connectivity index (χ2v) is 5.70. The molecule has 0 aliphatic carbocycles. The van der Waals surface area contributed by atoms with Crippen molar-refractivity contribution in [3.05, 3.63) is 65.5 Å². The topological polar surface area (TPSA) is 69.2 Å². The molecule has 2 aromatic rings. The number of hydrogen-bond acceptors (Lipinski definition) is 6. The van der Waals surface area contributed by atoms with Gasteiger partial charge in [-0.1, -0.05) is 17.7 Å². The standard InChI is InChI=1S/C19H16N2O4/c1-12-2-4-13(5-3-12)18-21-15(19(22)25-18)11-20-14-6-7-16-17(10-14)24-9-8-23-16/h2-7,10-11,20H,8-9H2,1H3. The molecule has 2 heterocycles. The Morgan fingerprint density at radius 3 is 2.60 bits per heavy atom. The molecule has 0 bridgehead atoms. The van der Waals surface area contributed by atoms with E-state index < -0.39 is 5.97 Å². The smallest absolute Gasteiger partial charge is 0.365 e. The number of anilines is 1. The normalized spacial score (nSPS) is 17.2. The van der Waals surface area contributed by atoms with Crippen LogP contribution < -0.4 is 14.8 Å². The maximum absolute atomic E-state index is 12.0. The second-order valence-electron chi connectivity index (χ2n) is 5.70. The quantitative estimate of drug-likeness (QED) is 0.689. The number of carbonyl (C=O) groups excluding carboxylic acids is 1. The van der Waals surface area contributed by atoms with Crippen LogP contribution in [0.25, 0.3) is 0 Å². The minimum atomic E-state index is -0.486. The van der Waals surface area contributed by atoms with Crippen molar-refractivity contribution in [2.75, 3.05) is 18.5 Å². The Hall–Kier alpha value is -3.28. The van der Waals surface area contributed by atoms with Crippen LogP contribution in [0.2, 0.25) is 0 Å². The molecule has 0 fully saturated rings. The summed E-state index contributed by atoms with van der Waals surface area (Å²) in [6.45, 7) is 3.06. The van der Waals surface area contributed by atoms with Gasteiger partial charge >= 0.3 is 5.97 Å². The predicted octanol–water partition coefficient (Wildman–Crippen LogP) is 3.02. The molecule has 0 saturated heterocycles. The molecule has 2 aliphatic heterocycles. The molecule has 0 spiro atoms. The number of benzene rings is 2. The third-order valence-electron chi connectivity index (χ3n) is 3.84. The highest BCUT2D eigenvalue weighted by Crippen LogP contribution is 2.32. The summed E-state index contributed by atoms with van der Waals surface area (Å²) in [4.78, 5) is 16.2. The van der Waals surface area contributed by atoms with E-state index in [1.165, 1.54) is 6.20 Å². The van der Waals surface area contributed by atoms with E-state index in [1.54, 1.807) is 0 Å². The number of aryl methyl sites for hydroxylation is 1. The van der Waals surface area contributed by atoms with Gasteiger partial charge in [0.05, 0.1) is 0 Å². The average molecular weight is 336 g/mol. The molecule has 0 amide bonds. The van der Waals surface area contributed by atoms with Gasteiger partial charge in [-0.15, -0.1) is 0 Å². The maximum Gasteiger partial charge on any atom is 0.365 e. The lowest BCUT2D eigenvalue weighted by Gasteiger charge is -2.18. The summed E-state index contributed by atoms with van der Waals surface area (Å²) < 4.78 is 16.3. The fourth-order valence-electron chi connectivity index (χ4n) is 2.51. The largest absolute Gasteiger partial charge is 0.486 e. The molecule has 0 unspecified atom stereocenters. The zero-order valence-corrected chi connectivity index (χ0v) is 13.6. The summed E-state index contributed by atoms with van der Waals surface area (Å²) in [5.74, 6) is 1.21. The number of nitrogens with one attached hydrogen (secondary N) is 1. The van der Waals surface area contributed by atoms with Crippen LogP contribution in [-0.2, 0) is 9.53 Å². The number of esters is 1. The van der Waals surface area contributed by atoms with E-state index in [1.807, 2.05) is 49.4 Å². The number of aliphatic imine (C=N–C) groups is 1. The lowest BCUT2D eigenvalue weighted by atomic mass is 10.1. The Kier molecular flexibility index (Phi) is 3.85. The molecule has 0 radical (unpaired) electrons. The maximum atomic E-state index is 12.0. The third-order valence-corrected chi connectivity index (χ3v) is 3.84. The first kappa shape index (κ1) is 15.3. The van der Waals surface area contributed by atoms with Gasteiger partial charge in [0, 0.05) is 23.5 Å². The van der Waals surface area contributed by atoms with E-state index >= 15 is 0 Å². The molecular weight excluding hydrogens is 320 g/mol. The van der Waals surface area contributed by atoms with Crippen molar-refractivity contribution in [1.82, 2.24) is 0 Å². The SMILES string of the molecule is Cc1ccc(C2=NC(=CNc3ccc4c(c3)OCCO4)C(=O)O2)cc1. The lowest BCUT2D eigenvalue weighted by molar-refractivity contribution is -0.130. The summed E-state index contributed by atoms with van der Waals surface area (Å²) in [5.41, 5.74) is 2.88. The monoisotopic (exact) mass is 336 g/mol. The number of fused-ring (bicyclic) bond motifs is 1. The zero-order chi connectivity index (χ0) is 17.2. The van der Waals surface area contributed by atoms with E-state index in [2.05, 4.69) is 10.3 Å². The van der Waals surface area contributed by atoms with Crippen molar-refractivity contribution in [1.29, 1.82) is 0 Å². The van der Waals surface area contributed by atoms with E-state index in [4.69, 9.17) is 14.2 Å². The molecular formula is C19H16N2O4. The molecule has 1 N–H and O–H groups in total. The number of carbonyl (C=O) groups is 1. The number of nitrogens with zero attached hydrogens (tertiary/aromatic N) is 1. The van der Waals surface area contributed by atoms with Crippen molar-refractivity contribution in [3.63, 3.8) is 0 Å². The fraction of sp³-hybridized carbons (Fsp3) is 0.158. The molecule has 6 nitrogen and oxygen atoms in total. The predicted molar refractivity (Wildman–Crippen MR) is 92.9 cm³/mol. The van der Waals surface area contributed by atoms with E-state index in [0.29, 0.717) is 30.6 Å². The molecule has 4 rings (SSSR count). The number of rotatable bonds is 3. The van der Waals surface area contributed by atoms with Crippen molar-refractivity contribution in [3.8, 4) is 11.5 Å². The minimum absolute atomic E-state index is 0.213. The van der Waals surface area contributed by atoms with Crippen LogP contribution in [0.1, 0.15) is 11.1 Å². The van der Waals surface area contributed by atoms with Gasteiger partial charge < -0.3 is 19.5 Å². The molecule has 126 valence electrons. The van der Waals surface area contributed by atoms with E-state index in [0.717, 1.165) is 16.8 Å². The third kappa shape index (κ3) is 3.19. The second kappa shape index (κ2) is 6.32.